The molecule has 50 heavy (non-hydrogen) atoms. The molecule has 3 saturated carbocycles. The van der Waals surface area contributed by atoms with Gasteiger partial charge in [0.05, 0.1) is 19.1 Å². The van der Waals surface area contributed by atoms with Gasteiger partial charge in [0.25, 0.3) is 0 Å². The van der Waals surface area contributed by atoms with Crippen LogP contribution in [-0.2, 0) is 33.4 Å². The molecule has 12 atom stereocenters. The van der Waals surface area contributed by atoms with Crippen molar-refractivity contribution in [1.82, 2.24) is 5.32 Å². The summed E-state index contributed by atoms with van der Waals surface area (Å²) in [7, 11) is 0. The third-order valence-electron chi connectivity index (χ3n) is 14.8. The lowest BCUT2D eigenvalue weighted by atomic mass is 9.34. The minimum absolute atomic E-state index is 0.0438. The Morgan fingerprint density at radius 3 is 2.38 bits per heavy atom. The fourth-order valence-corrected chi connectivity index (χ4v) is 11.8. The van der Waals surface area contributed by atoms with E-state index in [4.69, 9.17) is 31.1 Å². The molecule has 1 aliphatic heterocycles. The zero-order chi connectivity index (χ0) is 37.2. The highest BCUT2D eigenvalue weighted by Gasteiger charge is 2.74. The predicted octanol–water partition coefficient (Wildman–Crippen LogP) is 4.19. The SMILES string of the molecule is CC(=O)O[C@@H]1C[C@]23COC[C@@](C)([C@@H]2CC[C@H]2C3=CC(=O)[C@@]3(C)[C@H](C(=O)O)[C@@](C)([C@H](C)C(C)C)CC[C@]23C)[C@H]1OC(=O)C(N)CCCNC(=N)N. The van der Waals surface area contributed by atoms with E-state index >= 15 is 0 Å². The van der Waals surface area contributed by atoms with Gasteiger partial charge in [-0.2, -0.15) is 0 Å². The molecule has 2 bridgehead atoms. The zero-order valence-electron chi connectivity index (χ0n) is 31.2. The molecule has 1 saturated heterocycles. The van der Waals surface area contributed by atoms with Crippen LogP contribution in [0.15, 0.2) is 11.6 Å². The largest absolute Gasteiger partial charge is 0.481 e. The number of ether oxygens (including phenoxy) is 3. The molecule has 1 unspecified atom stereocenters. The van der Waals surface area contributed by atoms with Crippen LogP contribution in [0.4, 0.5) is 0 Å². The van der Waals surface area contributed by atoms with Crippen LogP contribution in [0.25, 0.3) is 0 Å². The highest BCUT2D eigenvalue weighted by molar-refractivity contribution is 6.00. The molecule has 0 amide bonds. The molecule has 4 fully saturated rings. The van der Waals surface area contributed by atoms with Crippen molar-refractivity contribution in [2.45, 2.75) is 119 Å². The molecule has 1 heterocycles. The van der Waals surface area contributed by atoms with Crippen LogP contribution in [-0.4, -0.2) is 72.8 Å². The molecule has 12 nitrogen and oxygen atoms in total. The van der Waals surface area contributed by atoms with Gasteiger partial charge in [-0.3, -0.25) is 24.6 Å². The number of hydrogen-bond donors (Lipinski definition) is 5. The lowest BCUT2D eigenvalue weighted by Gasteiger charge is -2.70. The van der Waals surface area contributed by atoms with E-state index in [9.17, 15) is 24.3 Å². The van der Waals surface area contributed by atoms with E-state index in [1.165, 1.54) is 6.92 Å². The van der Waals surface area contributed by atoms with Crippen molar-refractivity contribution in [2.75, 3.05) is 19.8 Å². The first-order valence-corrected chi connectivity index (χ1v) is 18.5. The molecule has 0 spiro atoms. The second-order valence-corrected chi connectivity index (χ2v) is 17.5. The standard InChI is InChI=1S/C38H60N4O8/c1-20(2)21(3)34(5)13-14-36(7)23-11-12-27-35(6)18-48-19-38(27,24(23)16-28(44)37(36,8)29(34)31(45)46)17-26(49-22(4)43)30(35)50-32(47)25(39)10-9-15-42-33(40)41/h16,20-21,23,25-27,29-30H,9-15,17-19,39H2,1-8H3,(H,45,46)(H4,40,41,42)/t21-,23+,25?,26-,27+,29-,30+,34-,35+,36-,37+,38-/m1/s1. The van der Waals surface area contributed by atoms with Crippen molar-refractivity contribution < 1.29 is 38.5 Å². The zero-order valence-corrected chi connectivity index (χ0v) is 31.2. The topological polar surface area (TPSA) is 204 Å². The molecular formula is C38H60N4O8. The van der Waals surface area contributed by atoms with Gasteiger partial charge in [0.1, 0.15) is 18.2 Å². The average molecular weight is 701 g/mol. The molecule has 4 aliphatic carbocycles. The number of aliphatic carboxylic acids is 1. The molecule has 0 aromatic rings. The van der Waals surface area contributed by atoms with Gasteiger partial charge in [-0.25, -0.2) is 0 Å². The Hall–Kier alpha value is -2.99. The van der Waals surface area contributed by atoms with Gasteiger partial charge < -0.3 is 36.1 Å². The van der Waals surface area contributed by atoms with E-state index in [-0.39, 0.29) is 42.0 Å². The van der Waals surface area contributed by atoms with E-state index in [0.29, 0.717) is 38.8 Å². The Morgan fingerprint density at radius 2 is 1.78 bits per heavy atom. The summed E-state index contributed by atoms with van der Waals surface area (Å²) in [6, 6.07) is -0.925. The molecule has 7 N–H and O–H groups in total. The molecule has 12 heteroatoms. The molecule has 0 aromatic heterocycles. The molecule has 280 valence electrons. The molecule has 5 aliphatic rings. The van der Waals surface area contributed by atoms with Crippen LogP contribution in [0, 0.1) is 62.1 Å². The monoisotopic (exact) mass is 700 g/mol. The van der Waals surface area contributed by atoms with Crippen molar-refractivity contribution in [1.29, 1.82) is 5.41 Å². The summed E-state index contributed by atoms with van der Waals surface area (Å²) < 4.78 is 18.6. The van der Waals surface area contributed by atoms with Gasteiger partial charge in [0.15, 0.2) is 11.7 Å². The minimum Gasteiger partial charge on any atom is -0.481 e. The minimum atomic E-state index is -1.12. The van der Waals surface area contributed by atoms with Gasteiger partial charge in [-0.1, -0.05) is 54.0 Å². The van der Waals surface area contributed by atoms with Gasteiger partial charge in [-0.15, -0.1) is 0 Å². The first-order valence-electron chi connectivity index (χ1n) is 18.5. The number of allylic oxidation sites excluding steroid dienone is 1. The first-order chi connectivity index (χ1) is 23.2. The number of fused-ring (bicyclic) bond motifs is 3. The number of carboxylic acids is 1. The lowest BCUT2D eigenvalue weighted by molar-refractivity contribution is -0.262. The van der Waals surface area contributed by atoms with Crippen molar-refractivity contribution >= 4 is 29.7 Å². The van der Waals surface area contributed by atoms with Crippen LogP contribution in [0.5, 0.6) is 0 Å². The van der Waals surface area contributed by atoms with Gasteiger partial charge in [-0.05, 0) is 85.5 Å². The van der Waals surface area contributed by atoms with Gasteiger partial charge in [0, 0.05) is 29.7 Å². The highest BCUT2D eigenvalue weighted by atomic mass is 16.6. The number of esters is 2. The number of nitrogens with two attached hydrogens (primary N) is 2. The predicted molar refractivity (Wildman–Crippen MR) is 187 cm³/mol. The molecule has 0 aromatic carbocycles. The van der Waals surface area contributed by atoms with Gasteiger partial charge >= 0.3 is 17.9 Å². The number of hydrogen-bond acceptors (Lipinski definition) is 9. The van der Waals surface area contributed by atoms with Crippen molar-refractivity contribution in [2.24, 2.45) is 68.1 Å². The second-order valence-electron chi connectivity index (χ2n) is 17.5. The fourth-order valence-electron chi connectivity index (χ4n) is 11.8. The fraction of sp³-hybridized carbons (Fsp3) is 0.816. The summed E-state index contributed by atoms with van der Waals surface area (Å²) in [4.78, 5) is 54.2. The van der Waals surface area contributed by atoms with E-state index in [2.05, 4.69) is 39.9 Å². The van der Waals surface area contributed by atoms with Crippen molar-refractivity contribution in [3.8, 4) is 0 Å². The Morgan fingerprint density at radius 1 is 1.10 bits per heavy atom. The number of nitrogens with one attached hydrogen (secondary N) is 2. The maximum Gasteiger partial charge on any atom is 0.323 e. The number of rotatable bonds is 10. The number of carbonyl (C=O) groups is 4. The number of guanidine groups is 1. The molecule has 5 rings (SSSR count). The van der Waals surface area contributed by atoms with Crippen LogP contribution < -0.4 is 16.8 Å². The summed E-state index contributed by atoms with van der Waals surface area (Å²) in [5, 5.41) is 21.0. The molecule has 0 radical (unpaired) electrons. The first kappa shape index (κ1) is 38.2. The van der Waals surface area contributed by atoms with E-state index in [0.717, 1.165) is 24.8 Å². The maximum absolute atomic E-state index is 14.8. The molecular weight excluding hydrogens is 640 g/mol. The number of carbonyl (C=O) groups excluding carboxylic acids is 3. The van der Waals surface area contributed by atoms with E-state index in [1.54, 1.807) is 6.08 Å². The van der Waals surface area contributed by atoms with Crippen LogP contribution in [0.3, 0.4) is 0 Å². The Balaban J connectivity index is 1.53. The number of ketones is 1. The quantitative estimate of drug-likeness (QED) is 0.0946. The van der Waals surface area contributed by atoms with E-state index in [1.807, 2.05) is 13.8 Å². The Kier molecular flexibility index (Phi) is 10.1. The van der Waals surface area contributed by atoms with Crippen LogP contribution >= 0.6 is 0 Å². The van der Waals surface area contributed by atoms with Crippen molar-refractivity contribution in [3.05, 3.63) is 11.6 Å². The number of carboxylic acid groups (broad SMARTS) is 1. The van der Waals surface area contributed by atoms with Crippen LogP contribution in [0.1, 0.15) is 100 Å². The van der Waals surface area contributed by atoms with Gasteiger partial charge in [0.2, 0.25) is 0 Å². The lowest BCUT2D eigenvalue weighted by Crippen LogP contribution is -2.71. The smallest absolute Gasteiger partial charge is 0.323 e. The summed E-state index contributed by atoms with van der Waals surface area (Å²) >= 11 is 0. The third kappa shape index (κ3) is 5.67. The average Bonchev–Trinajstić information content (AvgIpc) is 3.01. The summed E-state index contributed by atoms with van der Waals surface area (Å²) in [6.07, 6.45) is 4.23. The second kappa shape index (κ2) is 13.2. The normalized spacial score (nSPS) is 41.8. The summed E-state index contributed by atoms with van der Waals surface area (Å²) in [5.41, 5.74) is 8.88. The Labute approximate surface area is 296 Å². The Bertz CT molecular complexity index is 1450. The van der Waals surface area contributed by atoms with Crippen LogP contribution in [0.2, 0.25) is 0 Å². The summed E-state index contributed by atoms with van der Waals surface area (Å²) in [6.45, 7) is 16.9. The highest BCUT2D eigenvalue weighted by Crippen LogP contribution is 2.74. The third-order valence-corrected chi connectivity index (χ3v) is 14.8. The maximum atomic E-state index is 14.8. The summed E-state index contributed by atoms with van der Waals surface area (Å²) in [5.74, 6) is -2.93. The van der Waals surface area contributed by atoms with Crippen molar-refractivity contribution in [3.63, 3.8) is 0 Å². The van der Waals surface area contributed by atoms with E-state index < -0.39 is 69.2 Å².